The highest BCUT2D eigenvalue weighted by Crippen LogP contribution is 2.27. The van der Waals surface area contributed by atoms with E-state index in [-0.39, 0.29) is 22.1 Å². The van der Waals surface area contributed by atoms with Gasteiger partial charge in [0.25, 0.3) is 5.91 Å². The molecule has 20 heavy (non-hydrogen) atoms. The van der Waals surface area contributed by atoms with Crippen LogP contribution in [0.15, 0.2) is 24.4 Å². The van der Waals surface area contributed by atoms with Gasteiger partial charge >= 0.3 is 0 Å². The van der Waals surface area contributed by atoms with Gasteiger partial charge in [0.05, 0.1) is 12.8 Å². The van der Waals surface area contributed by atoms with Crippen molar-refractivity contribution < 1.29 is 9.53 Å². The molecular weight excluding hydrogens is 301 g/mol. The van der Waals surface area contributed by atoms with Crippen LogP contribution in [0.3, 0.4) is 0 Å². The summed E-state index contributed by atoms with van der Waals surface area (Å²) in [6.07, 6.45) is 1.54. The number of pyridine rings is 2. The van der Waals surface area contributed by atoms with E-state index in [1.807, 2.05) is 0 Å². The Bertz CT molecular complexity index is 639. The van der Waals surface area contributed by atoms with Gasteiger partial charge in [-0.1, -0.05) is 23.2 Å². The number of rotatable bonds is 3. The zero-order chi connectivity index (χ0) is 14.7. The highest BCUT2D eigenvalue weighted by molar-refractivity contribution is 6.35. The highest BCUT2D eigenvalue weighted by atomic mass is 35.5. The molecule has 0 aliphatic carbocycles. The molecule has 0 aliphatic heterocycles. The summed E-state index contributed by atoms with van der Waals surface area (Å²) in [7, 11) is 1.45. The second-order valence-electron chi connectivity index (χ2n) is 3.94. The maximum absolute atomic E-state index is 12.2. The number of aryl methyl sites for hydroxylation is 1. The van der Waals surface area contributed by atoms with E-state index >= 15 is 0 Å². The minimum atomic E-state index is -0.385. The predicted octanol–water partition coefficient (Wildman–Crippen LogP) is 3.35. The van der Waals surface area contributed by atoms with Gasteiger partial charge in [-0.05, 0) is 30.7 Å². The van der Waals surface area contributed by atoms with E-state index < -0.39 is 0 Å². The molecule has 5 nitrogen and oxygen atoms in total. The van der Waals surface area contributed by atoms with E-state index in [1.54, 1.807) is 25.1 Å². The Hall–Kier alpha value is -1.85. The summed E-state index contributed by atoms with van der Waals surface area (Å²) in [5.41, 5.74) is 1.43. The minimum Gasteiger partial charge on any atom is -0.480 e. The second-order valence-corrected chi connectivity index (χ2v) is 4.69. The molecule has 2 heterocycles. The van der Waals surface area contributed by atoms with Crippen molar-refractivity contribution in [3.63, 3.8) is 0 Å². The van der Waals surface area contributed by atoms with Crippen molar-refractivity contribution in [2.24, 2.45) is 0 Å². The molecule has 0 fully saturated rings. The van der Waals surface area contributed by atoms with Crippen molar-refractivity contribution in [1.29, 1.82) is 0 Å². The lowest BCUT2D eigenvalue weighted by molar-refractivity contribution is 0.102. The Kier molecular flexibility index (Phi) is 4.42. The van der Waals surface area contributed by atoms with Gasteiger partial charge < -0.3 is 10.1 Å². The van der Waals surface area contributed by atoms with Crippen LogP contribution in [0.4, 0.5) is 5.69 Å². The number of ether oxygens (including phenoxy) is 1. The number of halogens is 2. The fourth-order valence-electron chi connectivity index (χ4n) is 1.65. The molecule has 0 atom stereocenters. The molecule has 104 valence electrons. The number of hydrogen-bond acceptors (Lipinski definition) is 4. The molecule has 2 aromatic rings. The van der Waals surface area contributed by atoms with E-state index in [0.717, 1.165) is 0 Å². The zero-order valence-electron chi connectivity index (χ0n) is 10.8. The van der Waals surface area contributed by atoms with Gasteiger partial charge in [-0.25, -0.2) is 9.97 Å². The third-order valence-electron chi connectivity index (χ3n) is 2.59. The first-order valence-electron chi connectivity index (χ1n) is 5.66. The van der Waals surface area contributed by atoms with Crippen LogP contribution in [0.1, 0.15) is 15.9 Å². The normalized spacial score (nSPS) is 10.2. The quantitative estimate of drug-likeness (QED) is 0.883. The van der Waals surface area contributed by atoms with Gasteiger partial charge in [-0.2, -0.15) is 0 Å². The molecule has 2 rings (SSSR count). The summed E-state index contributed by atoms with van der Waals surface area (Å²) in [6, 6.07) is 4.86. The first kappa shape index (κ1) is 14.6. The Morgan fingerprint density at radius 2 is 2.15 bits per heavy atom. The standard InChI is InChI=1S/C13H11Cl2N3O2/c1-7-6-9(14)17-11(15)10(7)18-12(19)8-4-3-5-16-13(8)20-2/h3-6H,1-2H3,(H,18,19). The summed E-state index contributed by atoms with van der Waals surface area (Å²) >= 11 is 11.8. The maximum Gasteiger partial charge on any atom is 0.261 e. The topological polar surface area (TPSA) is 64.1 Å². The average molecular weight is 312 g/mol. The van der Waals surface area contributed by atoms with Crippen LogP contribution < -0.4 is 10.1 Å². The molecule has 2 aromatic heterocycles. The Morgan fingerprint density at radius 1 is 1.40 bits per heavy atom. The Balaban J connectivity index is 2.33. The van der Waals surface area contributed by atoms with E-state index in [9.17, 15) is 4.79 Å². The molecule has 0 aliphatic rings. The number of amides is 1. The minimum absolute atomic E-state index is 0.131. The molecule has 0 unspecified atom stereocenters. The molecule has 1 amide bonds. The van der Waals surface area contributed by atoms with E-state index in [0.29, 0.717) is 16.8 Å². The van der Waals surface area contributed by atoms with Gasteiger partial charge in [0, 0.05) is 6.20 Å². The van der Waals surface area contributed by atoms with Crippen LogP contribution in [0.5, 0.6) is 5.88 Å². The SMILES string of the molecule is COc1ncccc1C(=O)Nc1c(C)cc(Cl)nc1Cl. The van der Waals surface area contributed by atoms with Crippen LogP contribution in [-0.2, 0) is 0 Å². The van der Waals surface area contributed by atoms with Gasteiger partial charge in [-0.15, -0.1) is 0 Å². The molecule has 0 bridgehead atoms. The fraction of sp³-hybridized carbons (Fsp3) is 0.154. The lowest BCUT2D eigenvalue weighted by atomic mass is 10.2. The van der Waals surface area contributed by atoms with Gasteiger partial charge in [0.15, 0.2) is 5.15 Å². The van der Waals surface area contributed by atoms with E-state index in [1.165, 1.54) is 13.3 Å². The molecule has 7 heteroatoms. The number of nitrogens with zero attached hydrogens (tertiary/aromatic N) is 2. The predicted molar refractivity (Wildman–Crippen MR) is 77.7 cm³/mol. The number of nitrogens with one attached hydrogen (secondary N) is 1. The Morgan fingerprint density at radius 3 is 2.80 bits per heavy atom. The lowest BCUT2D eigenvalue weighted by Crippen LogP contribution is -2.15. The van der Waals surface area contributed by atoms with Crippen molar-refractivity contribution in [3.8, 4) is 5.88 Å². The first-order valence-corrected chi connectivity index (χ1v) is 6.41. The van der Waals surface area contributed by atoms with Gasteiger partial charge in [0.2, 0.25) is 5.88 Å². The van der Waals surface area contributed by atoms with Gasteiger partial charge in [0.1, 0.15) is 10.7 Å². The number of aromatic nitrogens is 2. The Labute approximate surface area is 125 Å². The van der Waals surface area contributed by atoms with Crippen molar-refractivity contribution >= 4 is 34.8 Å². The van der Waals surface area contributed by atoms with Gasteiger partial charge in [-0.3, -0.25) is 4.79 Å². The largest absolute Gasteiger partial charge is 0.480 e. The van der Waals surface area contributed by atoms with Crippen LogP contribution in [0.25, 0.3) is 0 Å². The van der Waals surface area contributed by atoms with Crippen LogP contribution in [-0.4, -0.2) is 23.0 Å². The molecular formula is C13H11Cl2N3O2. The monoisotopic (exact) mass is 311 g/mol. The number of methoxy groups -OCH3 is 1. The van der Waals surface area contributed by atoms with E-state index in [4.69, 9.17) is 27.9 Å². The zero-order valence-corrected chi connectivity index (χ0v) is 12.3. The fourth-order valence-corrected chi connectivity index (χ4v) is 2.23. The number of hydrogen-bond donors (Lipinski definition) is 1. The van der Waals surface area contributed by atoms with Crippen LogP contribution in [0, 0.1) is 6.92 Å². The summed E-state index contributed by atoms with van der Waals surface area (Å²) in [4.78, 5) is 20.1. The van der Waals surface area contributed by atoms with Crippen molar-refractivity contribution in [2.45, 2.75) is 6.92 Å². The van der Waals surface area contributed by atoms with Crippen molar-refractivity contribution in [1.82, 2.24) is 9.97 Å². The third-order valence-corrected chi connectivity index (χ3v) is 3.06. The number of anilines is 1. The summed E-state index contributed by atoms with van der Waals surface area (Å²) in [6.45, 7) is 1.77. The second kappa shape index (κ2) is 6.07. The molecule has 0 aromatic carbocycles. The molecule has 0 radical (unpaired) electrons. The highest BCUT2D eigenvalue weighted by Gasteiger charge is 2.16. The summed E-state index contributed by atoms with van der Waals surface area (Å²) in [5, 5.41) is 3.08. The third kappa shape index (κ3) is 3.00. The molecule has 0 spiro atoms. The summed E-state index contributed by atoms with van der Waals surface area (Å²) < 4.78 is 5.04. The lowest BCUT2D eigenvalue weighted by Gasteiger charge is -2.11. The molecule has 0 saturated heterocycles. The van der Waals surface area contributed by atoms with Crippen molar-refractivity contribution in [3.05, 3.63) is 45.8 Å². The average Bonchev–Trinajstić information content (AvgIpc) is 2.42. The number of carbonyl (C=O) groups is 1. The maximum atomic E-state index is 12.2. The first-order chi connectivity index (χ1) is 9.52. The van der Waals surface area contributed by atoms with Crippen LogP contribution >= 0.6 is 23.2 Å². The smallest absolute Gasteiger partial charge is 0.261 e. The van der Waals surface area contributed by atoms with Crippen LogP contribution in [0.2, 0.25) is 10.3 Å². The van der Waals surface area contributed by atoms with E-state index in [2.05, 4.69) is 15.3 Å². The molecule has 1 N–H and O–H groups in total. The van der Waals surface area contributed by atoms with Crippen molar-refractivity contribution in [2.75, 3.05) is 12.4 Å². The number of carbonyl (C=O) groups excluding carboxylic acids is 1. The molecule has 0 saturated carbocycles. The summed E-state index contributed by atoms with van der Waals surface area (Å²) in [5.74, 6) is -0.148.